The molecule has 5 nitrogen and oxygen atoms in total. The molecule has 0 fully saturated rings. The number of Topliss-reactive ketones (excluding diaryl/α,β-unsaturated/α-hetero) is 1. The highest BCUT2D eigenvalue weighted by molar-refractivity contribution is 6.46. The lowest BCUT2D eigenvalue weighted by Gasteiger charge is -2.14. The molecule has 0 spiro atoms. The van der Waals surface area contributed by atoms with Crippen LogP contribution in [-0.4, -0.2) is 21.5 Å². The van der Waals surface area contributed by atoms with Crippen molar-refractivity contribution >= 4 is 29.1 Å². The maximum atomic E-state index is 12.5. The Morgan fingerprint density at radius 3 is 2.22 bits per heavy atom. The third-order valence-electron chi connectivity index (χ3n) is 4.03. The van der Waals surface area contributed by atoms with E-state index in [-0.39, 0.29) is 11.0 Å². The number of amides is 1. The van der Waals surface area contributed by atoms with Crippen molar-refractivity contribution in [3.8, 4) is 5.69 Å². The van der Waals surface area contributed by atoms with Crippen molar-refractivity contribution < 1.29 is 9.59 Å². The standard InChI is InChI=1S/C21H20ClN3O2/c1-21(2,3)17-13-18(25(24-17)16-7-5-4-6-8-16)23-20(27)19(26)14-9-11-15(22)12-10-14/h4-13H,1-3H3,(H,23,27). The summed E-state index contributed by atoms with van der Waals surface area (Å²) in [5.41, 5.74) is 1.67. The number of para-hydroxylation sites is 1. The van der Waals surface area contributed by atoms with Gasteiger partial charge >= 0.3 is 0 Å². The Bertz CT molecular complexity index is 971. The highest BCUT2D eigenvalue weighted by atomic mass is 35.5. The number of halogens is 1. The highest BCUT2D eigenvalue weighted by Crippen LogP contribution is 2.26. The lowest BCUT2D eigenvalue weighted by atomic mass is 9.92. The number of nitrogens with one attached hydrogen (secondary N) is 1. The van der Waals surface area contributed by atoms with Crippen molar-refractivity contribution in [2.75, 3.05) is 5.32 Å². The first-order chi connectivity index (χ1) is 12.8. The van der Waals surface area contributed by atoms with Crippen LogP contribution < -0.4 is 5.32 Å². The van der Waals surface area contributed by atoms with Crippen molar-refractivity contribution in [1.82, 2.24) is 9.78 Å². The predicted molar refractivity (Wildman–Crippen MR) is 107 cm³/mol. The molecule has 0 saturated heterocycles. The van der Waals surface area contributed by atoms with Gasteiger partial charge in [-0.05, 0) is 36.4 Å². The van der Waals surface area contributed by atoms with Gasteiger partial charge in [-0.15, -0.1) is 0 Å². The molecule has 138 valence electrons. The molecule has 1 aromatic heterocycles. The molecular weight excluding hydrogens is 362 g/mol. The molecule has 27 heavy (non-hydrogen) atoms. The quantitative estimate of drug-likeness (QED) is 0.528. The fourth-order valence-corrected chi connectivity index (χ4v) is 2.63. The van der Waals surface area contributed by atoms with Crippen molar-refractivity contribution in [3.63, 3.8) is 0 Å². The number of benzene rings is 2. The van der Waals surface area contributed by atoms with Gasteiger partial charge < -0.3 is 5.32 Å². The Morgan fingerprint density at radius 2 is 1.63 bits per heavy atom. The number of rotatable bonds is 4. The smallest absolute Gasteiger partial charge is 0.297 e. The van der Waals surface area contributed by atoms with Crippen LogP contribution in [0, 0.1) is 0 Å². The normalized spacial score (nSPS) is 11.3. The fourth-order valence-electron chi connectivity index (χ4n) is 2.51. The van der Waals surface area contributed by atoms with Crippen LogP contribution in [0.3, 0.4) is 0 Å². The summed E-state index contributed by atoms with van der Waals surface area (Å²) in [7, 11) is 0. The van der Waals surface area contributed by atoms with Gasteiger partial charge in [0, 0.05) is 22.1 Å². The molecule has 0 unspecified atom stereocenters. The molecule has 3 aromatic rings. The van der Waals surface area contributed by atoms with Gasteiger partial charge in [-0.2, -0.15) is 5.10 Å². The van der Waals surface area contributed by atoms with Crippen LogP contribution in [0.2, 0.25) is 5.02 Å². The minimum Gasteiger partial charge on any atom is -0.304 e. The van der Waals surface area contributed by atoms with Gasteiger partial charge in [-0.25, -0.2) is 4.68 Å². The van der Waals surface area contributed by atoms with Crippen LogP contribution in [0.4, 0.5) is 5.82 Å². The highest BCUT2D eigenvalue weighted by Gasteiger charge is 2.23. The van der Waals surface area contributed by atoms with Gasteiger partial charge in [0.25, 0.3) is 11.7 Å². The zero-order chi connectivity index (χ0) is 19.6. The number of carbonyl (C=O) groups is 2. The Hall–Kier alpha value is -2.92. The lowest BCUT2D eigenvalue weighted by molar-refractivity contribution is -0.112. The SMILES string of the molecule is CC(C)(C)c1cc(NC(=O)C(=O)c2ccc(Cl)cc2)n(-c2ccccc2)n1. The maximum absolute atomic E-state index is 12.5. The van der Waals surface area contributed by atoms with Gasteiger partial charge in [0.2, 0.25) is 0 Å². The van der Waals surface area contributed by atoms with E-state index in [0.717, 1.165) is 11.4 Å². The van der Waals surface area contributed by atoms with Crippen molar-refractivity contribution in [2.45, 2.75) is 26.2 Å². The van der Waals surface area contributed by atoms with Crippen LogP contribution >= 0.6 is 11.6 Å². The summed E-state index contributed by atoms with van der Waals surface area (Å²) in [5.74, 6) is -0.918. The van der Waals surface area contributed by atoms with E-state index >= 15 is 0 Å². The van der Waals surface area contributed by atoms with Crippen LogP contribution in [0.25, 0.3) is 5.69 Å². The molecule has 1 heterocycles. The van der Waals surface area contributed by atoms with E-state index in [2.05, 4.69) is 10.4 Å². The molecule has 0 bridgehead atoms. The van der Waals surface area contributed by atoms with Crippen molar-refractivity contribution in [1.29, 1.82) is 0 Å². The molecule has 0 radical (unpaired) electrons. The number of hydrogen-bond donors (Lipinski definition) is 1. The van der Waals surface area contributed by atoms with E-state index in [1.54, 1.807) is 22.9 Å². The van der Waals surface area contributed by atoms with Crippen LogP contribution in [0.1, 0.15) is 36.8 Å². The van der Waals surface area contributed by atoms with Gasteiger partial charge in [-0.1, -0.05) is 50.6 Å². The minimum absolute atomic E-state index is 0.209. The Kier molecular flexibility index (Phi) is 5.15. The number of nitrogens with zero attached hydrogens (tertiary/aromatic N) is 2. The second-order valence-corrected chi connectivity index (χ2v) is 7.64. The first-order valence-electron chi connectivity index (χ1n) is 8.53. The Labute approximate surface area is 163 Å². The average molecular weight is 382 g/mol. The molecule has 0 saturated carbocycles. The molecule has 3 rings (SSSR count). The monoisotopic (exact) mass is 381 g/mol. The van der Waals surface area contributed by atoms with E-state index in [0.29, 0.717) is 10.8 Å². The van der Waals surface area contributed by atoms with Gasteiger partial charge in [0.15, 0.2) is 0 Å². The zero-order valence-electron chi connectivity index (χ0n) is 15.4. The Morgan fingerprint density at radius 1 is 1.00 bits per heavy atom. The zero-order valence-corrected chi connectivity index (χ0v) is 16.1. The summed E-state index contributed by atoms with van der Waals surface area (Å²) >= 11 is 5.84. The first-order valence-corrected chi connectivity index (χ1v) is 8.91. The fraction of sp³-hybridized carbons (Fsp3) is 0.190. The molecule has 0 atom stereocenters. The number of aromatic nitrogens is 2. The molecular formula is C21H20ClN3O2. The van der Waals surface area contributed by atoms with Crippen LogP contribution in [-0.2, 0) is 10.2 Å². The van der Waals surface area contributed by atoms with Crippen LogP contribution in [0.5, 0.6) is 0 Å². The summed E-state index contributed by atoms with van der Waals surface area (Å²) in [6.07, 6.45) is 0. The van der Waals surface area contributed by atoms with Crippen LogP contribution in [0.15, 0.2) is 60.7 Å². The summed E-state index contributed by atoms with van der Waals surface area (Å²) in [5, 5.41) is 7.82. The number of hydrogen-bond acceptors (Lipinski definition) is 3. The second kappa shape index (κ2) is 7.37. The number of carbonyl (C=O) groups excluding carboxylic acids is 2. The molecule has 0 aliphatic rings. The van der Waals surface area contributed by atoms with Crippen molar-refractivity contribution in [2.24, 2.45) is 0 Å². The third-order valence-corrected chi connectivity index (χ3v) is 4.28. The largest absolute Gasteiger partial charge is 0.304 e. The average Bonchev–Trinajstić information content (AvgIpc) is 3.06. The maximum Gasteiger partial charge on any atom is 0.297 e. The summed E-state index contributed by atoms with van der Waals surface area (Å²) in [6.45, 7) is 6.11. The van der Waals surface area contributed by atoms with Gasteiger partial charge in [0.05, 0.1) is 11.4 Å². The van der Waals surface area contributed by atoms with E-state index in [4.69, 9.17) is 11.6 Å². The summed E-state index contributed by atoms with van der Waals surface area (Å²) < 4.78 is 1.63. The lowest BCUT2D eigenvalue weighted by Crippen LogP contribution is -2.24. The van der Waals surface area contributed by atoms with E-state index in [9.17, 15) is 9.59 Å². The first kappa shape index (κ1) is 18.9. The molecule has 6 heteroatoms. The molecule has 2 aromatic carbocycles. The summed E-state index contributed by atoms with van der Waals surface area (Å²) in [6, 6.07) is 17.4. The van der Waals surface area contributed by atoms with Gasteiger partial charge in [-0.3, -0.25) is 9.59 Å². The van der Waals surface area contributed by atoms with E-state index in [1.807, 2.05) is 51.1 Å². The topological polar surface area (TPSA) is 64.0 Å². The number of anilines is 1. The number of ketones is 1. The second-order valence-electron chi connectivity index (χ2n) is 7.20. The molecule has 1 amide bonds. The summed E-state index contributed by atoms with van der Waals surface area (Å²) in [4.78, 5) is 24.9. The van der Waals surface area contributed by atoms with Crippen molar-refractivity contribution in [3.05, 3.63) is 76.9 Å². The van der Waals surface area contributed by atoms with E-state index in [1.165, 1.54) is 12.1 Å². The predicted octanol–water partition coefficient (Wildman–Crippen LogP) is 4.64. The van der Waals surface area contributed by atoms with Gasteiger partial charge in [0.1, 0.15) is 5.82 Å². The Balaban J connectivity index is 1.93. The molecule has 1 N–H and O–H groups in total. The minimum atomic E-state index is -0.727. The van der Waals surface area contributed by atoms with E-state index < -0.39 is 11.7 Å². The third kappa shape index (κ3) is 4.26. The molecule has 0 aliphatic heterocycles. The molecule has 0 aliphatic carbocycles.